The topological polar surface area (TPSA) is 87.9 Å². The van der Waals surface area contributed by atoms with E-state index in [1.807, 2.05) is 0 Å². The summed E-state index contributed by atoms with van der Waals surface area (Å²) in [6, 6.07) is 6.57. The lowest BCUT2D eigenvalue weighted by atomic mass is 10.2. The molecule has 0 aliphatic carbocycles. The molecule has 2 heterocycles. The molecule has 1 fully saturated rings. The third kappa shape index (κ3) is 3.20. The van der Waals surface area contributed by atoms with Crippen molar-refractivity contribution in [2.24, 2.45) is 0 Å². The first-order valence-electron chi connectivity index (χ1n) is 6.61. The average molecular weight is 339 g/mol. The molecule has 0 spiro atoms. The van der Waals surface area contributed by atoms with Crippen LogP contribution in [-0.4, -0.2) is 44.0 Å². The van der Waals surface area contributed by atoms with Crippen LogP contribution in [0.25, 0.3) is 0 Å². The number of hydrogen-bond acceptors (Lipinski definition) is 6. The Bertz CT molecular complexity index is 680. The molecule has 1 unspecified atom stereocenters. The minimum absolute atomic E-state index is 0.0633. The highest BCUT2D eigenvalue weighted by Gasteiger charge is 2.32. The standard InChI is InChI=1S/C13H14FN5OS2/c14-9-4-2-1-3-8(9)11-19(5-6-21-11)10(20)7-22-13-16-12(15)17-18-13/h1-4,11H,5-7H2,(H3,15,16,17,18). The van der Waals surface area contributed by atoms with E-state index in [0.717, 1.165) is 5.75 Å². The Morgan fingerprint density at radius 1 is 1.55 bits per heavy atom. The smallest absolute Gasteiger partial charge is 0.234 e. The lowest BCUT2D eigenvalue weighted by Gasteiger charge is -2.24. The number of benzene rings is 1. The molecular formula is C13H14FN5OS2. The molecule has 116 valence electrons. The Balaban J connectivity index is 1.67. The van der Waals surface area contributed by atoms with Gasteiger partial charge < -0.3 is 10.6 Å². The first-order chi connectivity index (χ1) is 10.6. The van der Waals surface area contributed by atoms with E-state index in [1.54, 1.807) is 34.9 Å². The van der Waals surface area contributed by atoms with E-state index in [4.69, 9.17) is 5.73 Å². The van der Waals surface area contributed by atoms with Crippen LogP contribution in [0, 0.1) is 5.82 Å². The molecule has 6 nitrogen and oxygen atoms in total. The molecule has 0 radical (unpaired) electrons. The van der Waals surface area contributed by atoms with Gasteiger partial charge in [-0.2, -0.15) is 4.98 Å². The number of nitrogen functional groups attached to an aromatic ring is 1. The van der Waals surface area contributed by atoms with Crippen molar-refractivity contribution >= 4 is 35.4 Å². The number of aromatic amines is 1. The zero-order chi connectivity index (χ0) is 15.5. The lowest BCUT2D eigenvalue weighted by molar-refractivity contribution is -0.128. The predicted molar refractivity (Wildman–Crippen MR) is 84.8 cm³/mol. The number of carbonyl (C=O) groups excluding carboxylic acids is 1. The van der Waals surface area contributed by atoms with Crippen LogP contribution in [0.1, 0.15) is 10.9 Å². The number of amides is 1. The van der Waals surface area contributed by atoms with Gasteiger partial charge in [0.05, 0.1) is 5.75 Å². The highest BCUT2D eigenvalue weighted by Crippen LogP contribution is 2.39. The molecule has 3 rings (SSSR count). The van der Waals surface area contributed by atoms with Crippen molar-refractivity contribution in [3.05, 3.63) is 35.6 Å². The van der Waals surface area contributed by atoms with Gasteiger partial charge in [0.1, 0.15) is 11.2 Å². The van der Waals surface area contributed by atoms with Crippen molar-refractivity contribution in [2.75, 3.05) is 23.8 Å². The average Bonchev–Trinajstić information content (AvgIpc) is 3.14. The molecule has 3 N–H and O–H groups in total. The summed E-state index contributed by atoms with van der Waals surface area (Å²) in [4.78, 5) is 18.0. The first kappa shape index (κ1) is 15.2. The van der Waals surface area contributed by atoms with Gasteiger partial charge >= 0.3 is 0 Å². The molecule has 1 aromatic heterocycles. The van der Waals surface area contributed by atoms with Crippen LogP contribution < -0.4 is 5.73 Å². The van der Waals surface area contributed by atoms with Crippen LogP contribution in [0.2, 0.25) is 0 Å². The van der Waals surface area contributed by atoms with Gasteiger partial charge in [0.25, 0.3) is 0 Å². The Kier molecular flexibility index (Phi) is 4.53. The maximum atomic E-state index is 13.9. The second-order valence-electron chi connectivity index (χ2n) is 4.62. The number of halogens is 1. The molecule has 1 amide bonds. The quantitative estimate of drug-likeness (QED) is 0.827. The SMILES string of the molecule is Nc1nc(SCC(=O)N2CCSC2c2ccccc2F)n[nH]1. The Hall–Kier alpha value is -1.74. The number of H-pyrrole nitrogens is 1. The molecule has 2 aromatic rings. The molecule has 1 aliphatic heterocycles. The van der Waals surface area contributed by atoms with E-state index in [1.165, 1.54) is 17.8 Å². The third-order valence-electron chi connectivity index (χ3n) is 3.19. The molecular weight excluding hydrogens is 325 g/mol. The van der Waals surface area contributed by atoms with Crippen LogP contribution in [0.4, 0.5) is 10.3 Å². The van der Waals surface area contributed by atoms with Gasteiger partial charge in [-0.15, -0.1) is 16.9 Å². The van der Waals surface area contributed by atoms with Gasteiger partial charge in [-0.25, -0.2) is 9.49 Å². The Morgan fingerprint density at radius 3 is 3.09 bits per heavy atom. The van der Waals surface area contributed by atoms with Crippen LogP contribution in [0.15, 0.2) is 29.4 Å². The fourth-order valence-electron chi connectivity index (χ4n) is 2.19. The van der Waals surface area contributed by atoms with E-state index in [9.17, 15) is 9.18 Å². The normalized spacial score (nSPS) is 17.9. The molecule has 0 bridgehead atoms. The lowest BCUT2D eigenvalue weighted by Crippen LogP contribution is -2.32. The van der Waals surface area contributed by atoms with Crippen molar-refractivity contribution in [1.29, 1.82) is 0 Å². The zero-order valence-electron chi connectivity index (χ0n) is 11.5. The van der Waals surface area contributed by atoms with E-state index in [2.05, 4.69) is 15.2 Å². The van der Waals surface area contributed by atoms with Crippen LogP contribution in [-0.2, 0) is 4.79 Å². The van der Waals surface area contributed by atoms with Crippen molar-refractivity contribution in [2.45, 2.75) is 10.5 Å². The van der Waals surface area contributed by atoms with E-state index < -0.39 is 0 Å². The number of anilines is 1. The number of aromatic nitrogens is 3. The fourth-order valence-corrected chi connectivity index (χ4v) is 4.18. The molecule has 1 atom stereocenters. The summed E-state index contributed by atoms with van der Waals surface area (Å²) < 4.78 is 13.9. The van der Waals surface area contributed by atoms with Crippen molar-refractivity contribution in [3.63, 3.8) is 0 Å². The molecule has 22 heavy (non-hydrogen) atoms. The van der Waals surface area contributed by atoms with E-state index in [-0.39, 0.29) is 28.8 Å². The van der Waals surface area contributed by atoms with Gasteiger partial charge in [-0.05, 0) is 6.07 Å². The van der Waals surface area contributed by atoms with Gasteiger partial charge in [0, 0.05) is 17.9 Å². The number of carbonyl (C=O) groups is 1. The first-order valence-corrected chi connectivity index (χ1v) is 8.65. The summed E-state index contributed by atoms with van der Waals surface area (Å²) in [7, 11) is 0. The van der Waals surface area contributed by atoms with Crippen molar-refractivity contribution in [1.82, 2.24) is 20.1 Å². The Labute approximate surface area is 135 Å². The van der Waals surface area contributed by atoms with Crippen molar-refractivity contribution in [3.8, 4) is 0 Å². The molecule has 1 saturated heterocycles. The zero-order valence-corrected chi connectivity index (χ0v) is 13.2. The maximum Gasteiger partial charge on any atom is 0.234 e. The number of nitrogens with one attached hydrogen (secondary N) is 1. The number of rotatable bonds is 4. The highest BCUT2D eigenvalue weighted by molar-refractivity contribution is 8.00. The minimum Gasteiger partial charge on any atom is -0.368 e. The van der Waals surface area contributed by atoms with Crippen molar-refractivity contribution < 1.29 is 9.18 Å². The number of nitrogens with zero attached hydrogens (tertiary/aromatic N) is 3. The van der Waals surface area contributed by atoms with E-state index >= 15 is 0 Å². The minimum atomic E-state index is -0.283. The molecule has 1 aliphatic rings. The summed E-state index contributed by atoms with van der Waals surface area (Å²) in [6.45, 7) is 0.610. The van der Waals surface area contributed by atoms with Crippen LogP contribution in [0.3, 0.4) is 0 Å². The molecule has 0 saturated carbocycles. The monoisotopic (exact) mass is 339 g/mol. The highest BCUT2D eigenvalue weighted by atomic mass is 32.2. The summed E-state index contributed by atoms with van der Waals surface area (Å²) in [5, 5.41) is 6.55. The largest absolute Gasteiger partial charge is 0.368 e. The number of thioether (sulfide) groups is 2. The second-order valence-corrected chi connectivity index (χ2v) is 6.75. The van der Waals surface area contributed by atoms with Crippen LogP contribution in [0.5, 0.6) is 0 Å². The van der Waals surface area contributed by atoms with Gasteiger partial charge in [0.15, 0.2) is 0 Å². The van der Waals surface area contributed by atoms with E-state index in [0.29, 0.717) is 17.3 Å². The maximum absolute atomic E-state index is 13.9. The molecule has 9 heteroatoms. The van der Waals surface area contributed by atoms with Crippen LogP contribution >= 0.6 is 23.5 Å². The summed E-state index contributed by atoms with van der Waals surface area (Å²) >= 11 is 2.78. The summed E-state index contributed by atoms with van der Waals surface area (Å²) in [5.41, 5.74) is 5.99. The molecule has 1 aromatic carbocycles. The fraction of sp³-hybridized carbons (Fsp3) is 0.308. The summed E-state index contributed by atoms with van der Waals surface area (Å²) in [6.07, 6.45) is 0. The second kappa shape index (κ2) is 6.57. The predicted octanol–water partition coefficient (Wildman–Crippen LogP) is 1.89. The number of hydrogen-bond donors (Lipinski definition) is 2. The summed E-state index contributed by atoms with van der Waals surface area (Å²) in [5.74, 6) is 0.864. The van der Waals surface area contributed by atoms with Gasteiger partial charge in [0.2, 0.25) is 17.0 Å². The van der Waals surface area contributed by atoms with Gasteiger partial charge in [-0.1, -0.05) is 30.0 Å². The third-order valence-corrected chi connectivity index (χ3v) is 5.26. The Morgan fingerprint density at radius 2 is 2.36 bits per heavy atom. The number of nitrogens with two attached hydrogens (primary N) is 1. The van der Waals surface area contributed by atoms with Gasteiger partial charge in [-0.3, -0.25) is 4.79 Å².